The molecule has 2 atom stereocenters. The van der Waals surface area contributed by atoms with Crippen LogP contribution in [0.5, 0.6) is 0 Å². The maximum absolute atomic E-state index is 11.8. The Labute approximate surface area is 126 Å². The largest absolute Gasteiger partial charge is 0.365 e. The van der Waals surface area contributed by atoms with Crippen molar-refractivity contribution in [2.75, 3.05) is 18.0 Å². The van der Waals surface area contributed by atoms with Crippen LogP contribution in [0.4, 0.5) is 5.82 Å². The van der Waals surface area contributed by atoms with Crippen molar-refractivity contribution in [2.45, 2.75) is 46.0 Å². The van der Waals surface area contributed by atoms with E-state index in [0.29, 0.717) is 5.56 Å². The van der Waals surface area contributed by atoms with E-state index in [0.717, 1.165) is 42.0 Å². The van der Waals surface area contributed by atoms with Crippen molar-refractivity contribution in [3.63, 3.8) is 0 Å². The van der Waals surface area contributed by atoms with Crippen molar-refractivity contribution in [3.05, 3.63) is 22.9 Å². The molecule has 4 nitrogen and oxygen atoms in total. The molecule has 2 aliphatic rings. The minimum atomic E-state index is -0.360. The van der Waals surface area contributed by atoms with Gasteiger partial charge in [0.15, 0.2) is 0 Å². The van der Waals surface area contributed by atoms with Crippen LogP contribution in [0.3, 0.4) is 0 Å². The van der Waals surface area contributed by atoms with E-state index in [1.165, 1.54) is 32.1 Å². The van der Waals surface area contributed by atoms with Gasteiger partial charge in [-0.15, -0.1) is 0 Å². The molecule has 0 bridgehead atoms. The van der Waals surface area contributed by atoms with Gasteiger partial charge in [0, 0.05) is 18.8 Å². The third-order valence-corrected chi connectivity index (χ3v) is 5.16. The number of hydrogen-bond donors (Lipinski definition) is 1. The molecule has 1 aromatic rings. The van der Waals surface area contributed by atoms with Gasteiger partial charge in [0.05, 0.1) is 5.56 Å². The highest BCUT2D eigenvalue weighted by atomic mass is 16.1. The summed E-state index contributed by atoms with van der Waals surface area (Å²) in [5, 5.41) is 0. The van der Waals surface area contributed by atoms with E-state index in [2.05, 4.69) is 9.88 Å². The van der Waals surface area contributed by atoms with Crippen LogP contribution in [-0.2, 0) is 0 Å². The van der Waals surface area contributed by atoms with Gasteiger partial charge in [-0.05, 0) is 50.2 Å². The van der Waals surface area contributed by atoms with Crippen LogP contribution in [0, 0.1) is 25.7 Å². The van der Waals surface area contributed by atoms with E-state index < -0.39 is 0 Å². The molecule has 0 aromatic carbocycles. The molecule has 0 unspecified atom stereocenters. The number of rotatable bonds is 2. The number of hydrogen-bond acceptors (Lipinski definition) is 3. The van der Waals surface area contributed by atoms with E-state index in [-0.39, 0.29) is 5.91 Å². The van der Waals surface area contributed by atoms with E-state index in [1.54, 1.807) is 0 Å². The zero-order valence-corrected chi connectivity index (χ0v) is 13.1. The van der Waals surface area contributed by atoms with Crippen LogP contribution >= 0.6 is 0 Å². The number of pyridine rings is 1. The van der Waals surface area contributed by atoms with Gasteiger partial charge in [-0.1, -0.05) is 19.3 Å². The minimum absolute atomic E-state index is 0.360. The Morgan fingerprint density at radius 1 is 1.24 bits per heavy atom. The summed E-state index contributed by atoms with van der Waals surface area (Å²) in [6.45, 7) is 5.96. The van der Waals surface area contributed by atoms with Crippen LogP contribution in [0.15, 0.2) is 6.07 Å². The Bertz CT molecular complexity index is 555. The summed E-state index contributed by atoms with van der Waals surface area (Å²) in [6, 6.07) is 1.94. The Morgan fingerprint density at radius 2 is 1.95 bits per heavy atom. The molecule has 2 fully saturated rings. The second kappa shape index (κ2) is 5.66. The summed E-state index contributed by atoms with van der Waals surface area (Å²) in [7, 11) is 0. The molecular formula is C17H25N3O. The molecule has 2 N–H and O–H groups in total. The van der Waals surface area contributed by atoms with Crippen molar-refractivity contribution in [3.8, 4) is 0 Å². The highest BCUT2D eigenvalue weighted by Gasteiger charge is 2.33. The number of primary amides is 1. The molecule has 4 heteroatoms. The second-order valence-electron chi connectivity index (χ2n) is 6.68. The van der Waals surface area contributed by atoms with Crippen LogP contribution in [0.2, 0.25) is 0 Å². The van der Waals surface area contributed by atoms with Gasteiger partial charge in [-0.2, -0.15) is 0 Å². The molecule has 3 rings (SSSR count). The summed E-state index contributed by atoms with van der Waals surface area (Å²) in [6.07, 6.45) is 6.64. The number of nitrogens with zero attached hydrogens (tertiary/aromatic N) is 2. The van der Waals surface area contributed by atoms with Crippen LogP contribution in [-0.4, -0.2) is 24.0 Å². The molecule has 0 radical (unpaired) electrons. The number of carbonyl (C=O) groups is 1. The third kappa shape index (κ3) is 2.76. The fourth-order valence-electron chi connectivity index (χ4n) is 4.14. The second-order valence-corrected chi connectivity index (χ2v) is 6.68. The molecule has 0 spiro atoms. The minimum Gasteiger partial charge on any atom is -0.365 e. The van der Waals surface area contributed by atoms with Crippen LogP contribution in [0.25, 0.3) is 0 Å². The number of fused-ring (bicyclic) bond motifs is 1. The monoisotopic (exact) mass is 287 g/mol. The van der Waals surface area contributed by atoms with Gasteiger partial charge in [0.2, 0.25) is 0 Å². The average molecular weight is 287 g/mol. The average Bonchev–Trinajstić information content (AvgIpc) is 2.45. The van der Waals surface area contributed by atoms with E-state index >= 15 is 0 Å². The number of nitrogens with two attached hydrogens (primary N) is 1. The topological polar surface area (TPSA) is 59.2 Å². The number of aryl methyl sites for hydroxylation is 2. The SMILES string of the molecule is Cc1cc(C)c(C(N)=O)c(N2CC[C@@H]3CCCC[C@@H]3C2)n1. The zero-order valence-electron chi connectivity index (χ0n) is 13.1. The molecule has 1 aromatic heterocycles. The summed E-state index contributed by atoms with van der Waals surface area (Å²) < 4.78 is 0. The fourth-order valence-corrected chi connectivity index (χ4v) is 4.14. The van der Waals surface area contributed by atoms with Gasteiger partial charge in [-0.25, -0.2) is 4.98 Å². The van der Waals surface area contributed by atoms with Crippen molar-refractivity contribution in [1.82, 2.24) is 4.98 Å². The first-order valence-corrected chi connectivity index (χ1v) is 8.09. The van der Waals surface area contributed by atoms with Crippen molar-refractivity contribution >= 4 is 11.7 Å². The number of amides is 1. The first-order chi connectivity index (χ1) is 10.1. The summed E-state index contributed by atoms with van der Waals surface area (Å²) in [5.41, 5.74) is 8.10. The van der Waals surface area contributed by atoms with Crippen molar-refractivity contribution < 1.29 is 4.79 Å². The van der Waals surface area contributed by atoms with Gasteiger partial charge in [0.25, 0.3) is 5.91 Å². The highest BCUT2D eigenvalue weighted by Crippen LogP contribution is 2.38. The van der Waals surface area contributed by atoms with E-state index in [1.807, 2.05) is 19.9 Å². The van der Waals surface area contributed by atoms with Gasteiger partial charge in [0.1, 0.15) is 5.82 Å². The lowest BCUT2D eigenvalue weighted by Crippen LogP contribution is -2.43. The lowest BCUT2D eigenvalue weighted by molar-refractivity contribution is 0.0999. The zero-order chi connectivity index (χ0) is 15.0. The fraction of sp³-hybridized carbons (Fsp3) is 0.647. The molecule has 21 heavy (non-hydrogen) atoms. The molecule has 114 valence electrons. The quantitative estimate of drug-likeness (QED) is 0.910. The lowest BCUT2D eigenvalue weighted by atomic mass is 9.75. The number of anilines is 1. The molecule has 1 aliphatic heterocycles. The van der Waals surface area contributed by atoms with E-state index in [9.17, 15) is 4.79 Å². The molecule has 1 saturated carbocycles. The summed E-state index contributed by atoms with van der Waals surface area (Å²) >= 11 is 0. The van der Waals surface area contributed by atoms with Gasteiger partial charge < -0.3 is 10.6 Å². The van der Waals surface area contributed by atoms with Crippen LogP contribution in [0.1, 0.15) is 53.7 Å². The molecule has 1 saturated heterocycles. The molecular weight excluding hydrogens is 262 g/mol. The van der Waals surface area contributed by atoms with Crippen molar-refractivity contribution in [1.29, 1.82) is 0 Å². The number of aromatic nitrogens is 1. The molecule has 1 amide bonds. The third-order valence-electron chi connectivity index (χ3n) is 5.16. The molecule has 2 heterocycles. The normalized spacial score (nSPS) is 25.5. The van der Waals surface area contributed by atoms with Gasteiger partial charge >= 0.3 is 0 Å². The number of piperidine rings is 1. The lowest BCUT2D eigenvalue weighted by Gasteiger charge is -2.42. The Balaban J connectivity index is 1.91. The smallest absolute Gasteiger partial charge is 0.252 e. The predicted octanol–water partition coefficient (Wildman–Crippen LogP) is 2.81. The number of carbonyl (C=O) groups excluding carboxylic acids is 1. The standard InChI is InChI=1S/C17H25N3O/c1-11-9-12(2)19-17(15(11)16(18)21)20-8-7-13-5-3-4-6-14(13)10-20/h9,13-14H,3-8,10H2,1-2H3,(H2,18,21)/t13-,14+/m0/s1. The van der Waals surface area contributed by atoms with Crippen molar-refractivity contribution in [2.24, 2.45) is 17.6 Å². The van der Waals surface area contributed by atoms with Crippen LogP contribution < -0.4 is 10.6 Å². The highest BCUT2D eigenvalue weighted by molar-refractivity contribution is 5.99. The van der Waals surface area contributed by atoms with E-state index in [4.69, 9.17) is 5.73 Å². The Morgan fingerprint density at radius 3 is 2.67 bits per heavy atom. The summed E-state index contributed by atoms with van der Waals surface area (Å²) in [5.74, 6) is 2.08. The first kappa shape index (κ1) is 14.4. The first-order valence-electron chi connectivity index (χ1n) is 8.09. The summed E-state index contributed by atoms with van der Waals surface area (Å²) in [4.78, 5) is 18.8. The maximum Gasteiger partial charge on any atom is 0.252 e. The predicted molar refractivity (Wildman–Crippen MR) is 84.5 cm³/mol. The Kier molecular flexibility index (Phi) is 3.87. The molecule has 1 aliphatic carbocycles. The Hall–Kier alpha value is -1.58. The van der Waals surface area contributed by atoms with Gasteiger partial charge in [-0.3, -0.25) is 4.79 Å². The maximum atomic E-state index is 11.8.